The molecule has 0 aromatic carbocycles. The first-order chi connectivity index (χ1) is 7.45. The maximum absolute atomic E-state index is 4.20. The lowest BCUT2D eigenvalue weighted by molar-refractivity contribution is 0.589. The van der Waals surface area contributed by atoms with Crippen LogP contribution in [0, 0.1) is 0 Å². The van der Waals surface area contributed by atoms with Gasteiger partial charge >= 0.3 is 0 Å². The van der Waals surface area contributed by atoms with Gasteiger partial charge in [0.05, 0.1) is 11.9 Å². The highest BCUT2D eigenvalue weighted by atomic mass is 15.7. The predicted octanol–water partition coefficient (Wildman–Crippen LogP) is 0.115. The quantitative estimate of drug-likeness (QED) is 0.673. The van der Waals surface area contributed by atoms with Gasteiger partial charge in [-0.1, -0.05) is 0 Å². The molecule has 6 heteroatoms. The summed E-state index contributed by atoms with van der Waals surface area (Å²) < 4.78 is 0. The van der Waals surface area contributed by atoms with E-state index in [0.29, 0.717) is 5.82 Å². The SMILES string of the molecule is C1=NC2=CNNN(c3cnccn3)C2=C1. The number of aliphatic imine (C=N–C) groups is 1. The highest BCUT2D eigenvalue weighted by Crippen LogP contribution is 2.23. The molecule has 1 aromatic heterocycles. The van der Waals surface area contributed by atoms with Gasteiger partial charge in [-0.2, -0.15) is 0 Å². The fourth-order valence-electron chi connectivity index (χ4n) is 1.45. The van der Waals surface area contributed by atoms with E-state index in [4.69, 9.17) is 0 Å². The molecule has 3 rings (SSSR count). The third kappa shape index (κ3) is 1.27. The zero-order valence-electron chi connectivity index (χ0n) is 7.75. The molecule has 15 heavy (non-hydrogen) atoms. The Morgan fingerprint density at radius 3 is 3.13 bits per heavy atom. The number of rotatable bonds is 1. The van der Waals surface area contributed by atoms with E-state index in [9.17, 15) is 0 Å². The van der Waals surface area contributed by atoms with Crippen LogP contribution in [0.3, 0.4) is 0 Å². The first-order valence-electron chi connectivity index (χ1n) is 4.47. The molecule has 1 aromatic rings. The molecule has 0 fully saturated rings. The standard InChI is InChI=1S/C9H8N6/c1-2-11-7-5-13-14-15(8(1)7)9-6-10-3-4-12-9/h1-6,13-14H. The van der Waals surface area contributed by atoms with Gasteiger partial charge < -0.3 is 5.43 Å². The van der Waals surface area contributed by atoms with Gasteiger partial charge in [0.1, 0.15) is 5.70 Å². The summed E-state index contributed by atoms with van der Waals surface area (Å²) in [4.78, 5) is 12.4. The van der Waals surface area contributed by atoms with Crippen LogP contribution in [0.15, 0.2) is 47.3 Å². The lowest BCUT2D eigenvalue weighted by Crippen LogP contribution is -2.48. The first kappa shape index (κ1) is 8.13. The minimum absolute atomic E-state index is 0.715. The van der Waals surface area contributed by atoms with Crippen molar-refractivity contribution in [3.05, 3.63) is 42.3 Å². The number of aromatic nitrogens is 2. The Morgan fingerprint density at radius 2 is 2.27 bits per heavy atom. The molecule has 0 amide bonds. The maximum atomic E-state index is 4.20. The van der Waals surface area contributed by atoms with Crippen LogP contribution in [0.25, 0.3) is 0 Å². The van der Waals surface area contributed by atoms with Crippen molar-refractivity contribution in [2.45, 2.75) is 0 Å². The van der Waals surface area contributed by atoms with Gasteiger partial charge in [-0.05, 0) is 6.08 Å². The summed E-state index contributed by atoms with van der Waals surface area (Å²) in [7, 11) is 0. The Kier molecular flexibility index (Phi) is 1.72. The van der Waals surface area contributed by atoms with E-state index in [1.54, 1.807) is 36.0 Å². The summed E-state index contributed by atoms with van der Waals surface area (Å²) in [6, 6.07) is 0. The van der Waals surface area contributed by atoms with Gasteiger partial charge in [0.25, 0.3) is 0 Å². The van der Waals surface area contributed by atoms with Gasteiger partial charge in [0.15, 0.2) is 5.82 Å². The van der Waals surface area contributed by atoms with Gasteiger partial charge in [-0.3, -0.25) is 9.98 Å². The van der Waals surface area contributed by atoms with Crippen molar-refractivity contribution in [3.63, 3.8) is 0 Å². The monoisotopic (exact) mass is 200 g/mol. The fourth-order valence-corrected chi connectivity index (χ4v) is 1.45. The second kappa shape index (κ2) is 3.18. The Morgan fingerprint density at radius 1 is 1.27 bits per heavy atom. The van der Waals surface area contributed by atoms with Crippen molar-refractivity contribution >= 4 is 12.0 Å². The van der Waals surface area contributed by atoms with Gasteiger partial charge in [0.2, 0.25) is 0 Å². The average Bonchev–Trinajstić information content (AvgIpc) is 2.78. The van der Waals surface area contributed by atoms with Crippen LogP contribution in [0.1, 0.15) is 0 Å². The first-order valence-corrected chi connectivity index (χ1v) is 4.47. The van der Waals surface area contributed by atoms with E-state index in [0.717, 1.165) is 11.4 Å². The van der Waals surface area contributed by atoms with Crippen LogP contribution < -0.4 is 16.0 Å². The van der Waals surface area contributed by atoms with Crippen molar-refractivity contribution in [3.8, 4) is 0 Å². The number of allylic oxidation sites excluding steroid dienone is 1. The molecule has 0 bridgehead atoms. The summed E-state index contributed by atoms with van der Waals surface area (Å²) >= 11 is 0. The lowest BCUT2D eigenvalue weighted by atomic mass is 10.3. The molecule has 0 radical (unpaired) electrons. The topological polar surface area (TPSA) is 65.4 Å². The summed E-state index contributed by atoms with van der Waals surface area (Å²) in [5.74, 6) is 0.715. The summed E-state index contributed by atoms with van der Waals surface area (Å²) in [5, 5.41) is 1.79. The van der Waals surface area contributed by atoms with Crippen LogP contribution in [0.5, 0.6) is 0 Å². The average molecular weight is 200 g/mol. The summed E-state index contributed by atoms with van der Waals surface area (Å²) in [6.07, 6.45) is 10.4. The van der Waals surface area contributed by atoms with Crippen molar-refractivity contribution in [2.75, 3.05) is 5.01 Å². The minimum atomic E-state index is 0.715. The van der Waals surface area contributed by atoms with Crippen LogP contribution in [-0.4, -0.2) is 16.2 Å². The number of hydrogen-bond donors (Lipinski definition) is 2. The lowest BCUT2D eigenvalue weighted by Gasteiger charge is -2.28. The molecule has 6 nitrogen and oxygen atoms in total. The number of anilines is 1. The third-order valence-electron chi connectivity index (χ3n) is 2.11. The van der Waals surface area contributed by atoms with Crippen LogP contribution in [0.4, 0.5) is 5.82 Å². The van der Waals surface area contributed by atoms with Crippen LogP contribution in [-0.2, 0) is 0 Å². The van der Waals surface area contributed by atoms with Gasteiger partial charge in [-0.15, -0.1) is 5.53 Å². The third-order valence-corrected chi connectivity index (χ3v) is 2.11. The number of fused-ring (bicyclic) bond motifs is 1. The molecule has 74 valence electrons. The Balaban J connectivity index is 1.99. The van der Waals surface area contributed by atoms with Crippen LogP contribution >= 0.6 is 0 Å². The minimum Gasteiger partial charge on any atom is -0.309 e. The van der Waals surface area contributed by atoms with E-state index in [-0.39, 0.29) is 0 Å². The van der Waals surface area contributed by atoms with Crippen molar-refractivity contribution in [1.29, 1.82) is 0 Å². The summed E-state index contributed by atoms with van der Waals surface area (Å²) in [6.45, 7) is 0. The van der Waals surface area contributed by atoms with Crippen LogP contribution in [0.2, 0.25) is 0 Å². The largest absolute Gasteiger partial charge is 0.309 e. The molecular formula is C9H8N6. The molecule has 0 saturated heterocycles. The van der Waals surface area contributed by atoms with Crippen molar-refractivity contribution in [2.24, 2.45) is 4.99 Å². The number of hydrazine groups is 2. The molecule has 0 unspecified atom stereocenters. The second-order valence-electron chi connectivity index (χ2n) is 3.01. The molecule has 0 spiro atoms. The molecule has 2 aliphatic rings. The molecule has 2 aliphatic heterocycles. The zero-order chi connectivity index (χ0) is 10.1. The maximum Gasteiger partial charge on any atom is 0.167 e. The normalized spacial score (nSPS) is 18.0. The summed E-state index contributed by atoms with van der Waals surface area (Å²) in [5.41, 5.74) is 7.69. The van der Waals surface area contributed by atoms with E-state index >= 15 is 0 Å². The zero-order valence-corrected chi connectivity index (χ0v) is 7.75. The Bertz CT molecular complexity index is 461. The van der Waals surface area contributed by atoms with Gasteiger partial charge in [0, 0.05) is 24.8 Å². The number of nitrogens with one attached hydrogen (secondary N) is 2. The van der Waals surface area contributed by atoms with Crippen molar-refractivity contribution in [1.82, 2.24) is 20.9 Å². The number of nitrogens with zero attached hydrogens (tertiary/aromatic N) is 4. The molecule has 0 aliphatic carbocycles. The number of hydrogen-bond acceptors (Lipinski definition) is 6. The molecule has 0 saturated carbocycles. The van der Waals surface area contributed by atoms with Crippen molar-refractivity contribution < 1.29 is 0 Å². The Labute approximate surface area is 86.0 Å². The highest BCUT2D eigenvalue weighted by Gasteiger charge is 2.21. The fraction of sp³-hybridized carbons (Fsp3) is 0. The van der Waals surface area contributed by atoms with Gasteiger partial charge in [-0.25, -0.2) is 9.99 Å². The molecule has 0 atom stereocenters. The Hall–Kier alpha value is -2.21. The van der Waals surface area contributed by atoms with E-state index in [1.807, 2.05) is 6.08 Å². The second-order valence-corrected chi connectivity index (χ2v) is 3.01. The molecule has 3 heterocycles. The van der Waals surface area contributed by atoms with E-state index in [1.165, 1.54) is 0 Å². The smallest absolute Gasteiger partial charge is 0.167 e. The highest BCUT2D eigenvalue weighted by molar-refractivity contribution is 5.81. The predicted molar refractivity (Wildman–Crippen MR) is 55.4 cm³/mol. The molecule has 2 N–H and O–H groups in total. The van der Waals surface area contributed by atoms with E-state index < -0.39 is 0 Å². The van der Waals surface area contributed by atoms with E-state index in [2.05, 4.69) is 25.9 Å². The molecular weight excluding hydrogens is 192 g/mol.